The van der Waals surface area contributed by atoms with Crippen LogP contribution in [0.5, 0.6) is 0 Å². The summed E-state index contributed by atoms with van der Waals surface area (Å²) in [6, 6.07) is 8.09. The number of carbonyl (C=O) groups excluding carboxylic acids is 3. The van der Waals surface area contributed by atoms with Crippen LogP contribution in [0.25, 0.3) is 0 Å². The molecule has 1 amide bonds. The lowest BCUT2D eigenvalue weighted by atomic mass is 9.70. The molecule has 2 unspecified atom stereocenters. The molecule has 1 fully saturated rings. The normalized spacial score (nSPS) is 21.4. The predicted molar refractivity (Wildman–Crippen MR) is 162 cm³/mol. The van der Waals surface area contributed by atoms with Gasteiger partial charge in [0.05, 0.1) is 23.9 Å². The number of aliphatic hydroxyl groups excluding tert-OH is 1. The van der Waals surface area contributed by atoms with E-state index in [1.54, 1.807) is 11.9 Å². The number of hydrazine groups is 1. The molecule has 2 aliphatic carbocycles. The van der Waals surface area contributed by atoms with Gasteiger partial charge >= 0.3 is 0 Å². The number of hydrogen-bond donors (Lipinski definition) is 2. The van der Waals surface area contributed by atoms with Crippen LogP contribution >= 0.6 is 0 Å². The Labute approximate surface area is 248 Å². The second-order valence-electron chi connectivity index (χ2n) is 12.3. The van der Waals surface area contributed by atoms with Crippen LogP contribution < -0.4 is 5.43 Å². The Morgan fingerprint density at radius 3 is 2.24 bits per heavy atom. The van der Waals surface area contributed by atoms with Crippen molar-refractivity contribution in [3.05, 3.63) is 69.2 Å². The van der Waals surface area contributed by atoms with E-state index in [1.165, 1.54) is 6.42 Å². The number of nitrogens with zero attached hydrogens (tertiary/aromatic N) is 4. The van der Waals surface area contributed by atoms with Crippen molar-refractivity contribution in [1.29, 1.82) is 0 Å². The van der Waals surface area contributed by atoms with E-state index in [4.69, 9.17) is 0 Å². The summed E-state index contributed by atoms with van der Waals surface area (Å²) in [5, 5.41) is 19.3. The molecule has 2 N–H and O–H groups in total. The number of aromatic nitrogens is 1. The van der Waals surface area contributed by atoms with Crippen LogP contribution in [-0.4, -0.2) is 63.0 Å². The molecule has 2 atom stereocenters. The average molecular weight is 574 g/mol. The number of benzene rings is 1. The largest absolute Gasteiger partial charge is 0.511 e. The summed E-state index contributed by atoms with van der Waals surface area (Å²) in [6.45, 7) is 8.43. The number of hydrogen-bond acceptors (Lipinski definition) is 7. The smallest absolute Gasteiger partial charge is 0.256 e. The van der Waals surface area contributed by atoms with Gasteiger partial charge in [-0.1, -0.05) is 43.5 Å². The fraction of sp³-hybridized carbons (Fsp3) is 0.515. The lowest BCUT2D eigenvalue weighted by Gasteiger charge is -2.33. The van der Waals surface area contributed by atoms with Crippen LogP contribution in [0.4, 0.5) is 0 Å². The number of rotatable bonds is 10. The summed E-state index contributed by atoms with van der Waals surface area (Å²) in [7, 11) is 3.89. The van der Waals surface area contributed by atoms with Gasteiger partial charge in [-0.15, -0.1) is 0 Å². The van der Waals surface area contributed by atoms with Gasteiger partial charge in [0, 0.05) is 38.4 Å². The summed E-state index contributed by atoms with van der Waals surface area (Å²) < 4.78 is 1.94. The first-order valence-electron chi connectivity index (χ1n) is 15.0. The fourth-order valence-electron chi connectivity index (χ4n) is 6.76. The molecule has 0 bridgehead atoms. The van der Waals surface area contributed by atoms with E-state index < -0.39 is 11.8 Å². The highest BCUT2D eigenvalue weighted by Crippen LogP contribution is 2.46. The van der Waals surface area contributed by atoms with Crippen LogP contribution in [0.15, 0.2) is 40.7 Å². The fourth-order valence-corrected chi connectivity index (χ4v) is 6.76. The number of amides is 1. The van der Waals surface area contributed by atoms with Crippen molar-refractivity contribution < 1.29 is 19.5 Å². The second kappa shape index (κ2) is 12.0. The second-order valence-corrected chi connectivity index (χ2v) is 12.3. The van der Waals surface area contributed by atoms with Gasteiger partial charge in [-0.3, -0.25) is 24.8 Å². The van der Waals surface area contributed by atoms with E-state index in [2.05, 4.69) is 10.5 Å². The zero-order chi connectivity index (χ0) is 30.3. The number of carbonyl (C=O) groups is 3. The highest BCUT2D eigenvalue weighted by molar-refractivity contribution is 6.21. The van der Waals surface area contributed by atoms with Gasteiger partial charge in [-0.25, -0.2) is 5.01 Å². The Bertz CT molecular complexity index is 1460. The number of Topliss-reactive ketones (excluding diaryl/α,β-unsaturated/α-hetero) is 2. The van der Waals surface area contributed by atoms with Crippen molar-refractivity contribution >= 4 is 23.2 Å². The first-order chi connectivity index (χ1) is 20.0. The molecule has 3 aliphatic rings. The molecule has 224 valence electrons. The van der Waals surface area contributed by atoms with Gasteiger partial charge in [-0.05, 0) is 62.8 Å². The van der Waals surface area contributed by atoms with Crippen molar-refractivity contribution in [2.45, 2.75) is 91.3 Å². The summed E-state index contributed by atoms with van der Waals surface area (Å²) in [5.41, 5.74) is 9.36. The third-order valence-electron chi connectivity index (χ3n) is 9.24. The highest BCUT2D eigenvalue weighted by Gasteiger charge is 2.52. The van der Waals surface area contributed by atoms with E-state index in [0.29, 0.717) is 18.7 Å². The molecule has 42 heavy (non-hydrogen) atoms. The molecule has 0 saturated heterocycles. The third-order valence-corrected chi connectivity index (χ3v) is 9.24. The number of hydrazone groups is 1. The quantitative estimate of drug-likeness (QED) is 0.407. The van der Waals surface area contributed by atoms with Crippen molar-refractivity contribution in [2.24, 2.45) is 11.0 Å². The molecule has 9 heteroatoms. The first-order valence-corrected chi connectivity index (χ1v) is 15.0. The topological polar surface area (TPSA) is 107 Å². The SMILES string of the molecule is CC1=NN(C2CCCCC2)C(=O)C1C1=C(O)C(c2c(C)c(C)n(CC(=O)Cc3ccc(CNN(C)C)cc3)c2C)C1=O. The van der Waals surface area contributed by atoms with Gasteiger partial charge < -0.3 is 9.67 Å². The Morgan fingerprint density at radius 2 is 1.62 bits per heavy atom. The number of ketones is 2. The van der Waals surface area contributed by atoms with Crippen molar-refractivity contribution in [1.82, 2.24) is 20.0 Å². The molecule has 0 radical (unpaired) electrons. The Kier molecular flexibility index (Phi) is 8.53. The Balaban J connectivity index is 1.31. The van der Waals surface area contributed by atoms with Crippen molar-refractivity contribution in [2.75, 3.05) is 14.1 Å². The third kappa shape index (κ3) is 5.47. The molecule has 1 aromatic heterocycles. The lowest BCUT2D eigenvalue weighted by Crippen LogP contribution is -2.42. The van der Waals surface area contributed by atoms with Gasteiger partial charge in [0.1, 0.15) is 17.6 Å². The maximum atomic E-state index is 13.6. The van der Waals surface area contributed by atoms with Crippen molar-refractivity contribution in [3.63, 3.8) is 0 Å². The zero-order valence-electron chi connectivity index (χ0n) is 25.7. The molecule has 0 spiro atoms. The Morgan fingerprint density at radius 1 is 0.976 bits per heavy atom. The lowest BCUT2D eigenvalue weighted by molar-refractivity contribution is -0.135. The van der Waals surface area contributed by atoms with Crippen LogP contribution in [0.1, 0.15) is 78.6 Å². The van der Waals surface area contributed by atoms with E-state index in [1.807, 2.05) is 68.7 Å². The molecule has 1 aliphatic heterocycles. The van der Waals surface area contributed by atoms with Gasteiger partial charge in [-0.2, -0.15) is 5.10 Å². The maximum absolute atomic E-state index is 13.6. The zero-order valence-corrected chi connectivity index (χ0v) is 25.7. The number of allylic oxidation sites excluding steroid dienone is 1. The molecule has 1 aromatic carbocycles. The number of nitrogens with one attached hydrogen (secondary N) is 1. The molecular formula is C33H43N5O4. The molecule has 1 saturated carbocycles. The van der Waals surface area contributed by atoms with Crippen LogP contribution in [-0.2, 0) is 33.9 Å². The van der Waals surface area contributed by atoms with Gasteiger partial charge in [0.2, 0.25) is 0 Å². The van der Waals surface area contributed by atoms with E-state index in [-0.39, 0.29) is 41.4 Å². The summed E-state index contributed by atoms with van der Waals surface area (Å²) in [5.74, 6) is -2.05. The van der Waals surface area contributed by atoms with Crippen LogP contribution in [0.3, 0.4) is 0 Å². The minimum absolute atomic E-state index is 0.0445. The van der Waals surface area contributed by atoms with Crippen molar-refractivity contribution in [3.8, 4) is 0 Å². The van der Waals surface area contributed by atoms with E-state index >= 15 is 0 Å². The summed E-state index contributed by atoms with van der Waals surface area (Å²) >= 11 is 0. The molecule has 9 nitrogen and oxygen atoms in total. The first kappa shape index (κ1) is 29.9. The molecule has 2 heterocycles. The summed E-state index contributed by atoms with van der Waals surface area (Å²) in [6.07, 6.45) is 5.45. The minimum Gasteiger partial charge on any atom is -0.511 e. The Hall–Kier alpha value is -3.56. The number of aliphatic hydroxyl groups is 1. The van der Waals surface area contributed by atoms with E-state index in [0.717, 1.165) is 59.3 Å². The van der Waals surface area contributed by atoms with Crippen LogP contribution in [0, 0.1) is 26.7 Å². The monoisotopic (exact) mass is 573 g/mol. The van der Waals surface area contributed by atoms with Gasteiger partial charge in [0.25, 0.3) is 5.91 Å². The predicted octanol–water partition coefficient (Wildman–Crippen LogP) is 4.44. The molecule has 5 rings (SSSR count). The standard InChI is InChI=1S/C33H43N5O4/c1-19-21(3)37(18-26(39)16-23-12-14-24(15-13-23)17-34-36(5)6)22(4)27(19)29-31(40)30(32(29)41)28-20(2)35-38(33(28)42)25-10-8-7-9-11-25/h12-15,25,28-29,34,40H,7-11,16-18H2,1-6H3. The van der Waals surface area contributed by atoms with Crippen LogP contribution in [0.2, 0.25) is 0 Å². The minimum atomic E-state index is -0.817. The average Bonchev–Trinajstić information content (AvgIpc) is 3.36. The molecule has 2 aromatic rings. The summed E-state index contributed by atoms with van der Waals surface area (Å²) in [4.78, 5) is 40.1. The van der Waals surface area contributed by atoms with Gasteiger partial charge in [0.15, 0.2) is 11.6 Å². The van der Waals surface area contributed by atoms with E-state index in [9.17, 15) is 19.5 Å². The molecular weight excluding hydrogens is 530 g/mol. The highest BCUT2D eigenvalue weighted by atomic mass is 16.3. The maximum Gasteiger partial charge on any atom is 0.256 e.